The first-order chi connectivity index (χ1) is 9.19. The number of ether oxygens (including phenoxy) is 1. The molecule has 2 rings (SSSR count). The highest BCUT2D eigenvalue weighted by Crippen LogP contribution is 2.31. The van der Waals surface area contributed by atoms with Gasteiger partial charge in [-0.15, -0.1) is 0 Å². The van der Waals surface area contributed by atoms with E-state index >= 15 is 0 Å². The van der Waals surface area contributed by atoms with Gasteiger partial charge in [0.2, 0.25) is 0 Å². The normalized spacial score (nSPS) is 13.8. The van der Waals surface area contributed by atoms with Crippen molar-refractivity contribution in [3.63, 3.8) is 0 Å². The fourth-order valence-corrected chi connectivity index (χ4v) is 2.36. The van der Waals surface area contributed by atoms with Gasteiger partial charge in [-0.2, -0.15) is 0 Å². The Labute approximate surface area is 114 Å². The van der Waals surface area contributed by atoms with Crippen LogP contribution in [0.2, 0.25) is 0 Å². The third-order valence-electron chi connectivity index (χ3n) is 3.59. The molecule has 0 aliphatic heterocycles. The number of benzene rings is 2. The number of hydrogen-bond acceptors (Lipinski definition) is 2. The number of rotatable bonds is 5. The van der Waals surface area contributed by atoms with Crippen molar-refractivity contribution < 1.29 is 9.84 Å². The Morgan fingerprint density at radius 2 is 1.63 bits per heavy atom. The zero-order chi connectivity index (χ0) is 13.7. The van der Waals surface area contributed by atoms with Crippen molar-refractivity contribution in [2.24, 2.45) is 0 Å². The van der Waals surface area contributed by atoms with Crippen LogP contribution >= 0.6 is 0 Å². The van der Waals surface area contributed by atoms with E-state index in [1.165, 1.54) is 0 Å². The van der Waals surface area contributed by atoms with Crippen LogP contribution in [-0.2, 0) is 11.8 Å². The Balaban J connectivity index is 2.33. The van der Waals surface area contributed by atoms with Crippen molar-refractivity contribution >= 4 is 0 Å². The van der Waals surface area contributed by atoms with Crippen LogP contribution in [0.15, 0.2) is 54.6 Å². The van der Waals surface area contributed by atoms with Crippen LogP contribution in [0, 0.1) is 0 Å². The fraction of sp³-hybridized carbons (Fsp3) is 0.294. The Hall–Kier alpha value is -1.80. The van der Waals surface area contributed by atoms with Crippen LogP contribution < -0.4 is 4.74 Å². The van der Waals surface area contributed by atoms with Crippen LogP contribution in [0.1, 0.15) is 18.1 Å². The van der Waals surface area contributed by atoms with E-state index in [4.69, 9.17) is 4.74 Å². The predicted octanol–water partition coefficient (Wildman–Crippen LogP) is 3.19. The van der Waals surface area contributed by atoms with E-state index in [0.717, 1.165) is 23.3 Å². The molecule has 2 aromatic carbocycles. The zero-order valence-corrected chi connectivity index (χ0v) is 11.5. The van der Waals surface area contributed by atoms with Crippen molar-refractivity contribution in [3.8, 4) is 5.75 Å². The van der Waals surface area contributed by atoms with Crippen LogP contribution in [0.3, 0.4) is 0 Å². The lowest BCUT2D eigenvalue weighted by atomic mass is 9.78. The molecule has 2 nitrogen and oxygen atoms in total. The molecule has 1 unspecified atom stereocenters. The average molecular weight is 256 g/mol. The third kappa shape index (κ3) is 2.96. The second-order valence-corrected chi connectivity index (χ2v) is 5.07. The summed E-state index contributed by atoms with van der Waals surface area (Å²) in [6.45, 7) is 2.18. The van der Waals surface area contributed by atoms with E-state index in [1.807, 2.05) is 36.4 Å². The quantitative estimate of drug-likeness (QED) is 0.890. The number of hydrogen-bond donors (Lipinski definition) is 1. The maximum absolute atomic E-state index is 9.82. The van der Waals surface area contributed by atoms with Gasteiger partial charge in [-0.1, -0.05) is 55.5 Å². The number of para-hydroxylation sites is 1. The molecule has 0 aromatic heterocycles. The molecule has 0 saturated carbocycles. The Morgan fingerprint density at radius 1 is 1.00 bits per heavy atom. The van der Waals surface area contributed by atoms with Gasteiger partial charge in [0.15, 0.2) is 0 Å². The minimum absolute atomic E-state index is 0.106. The topological polar surface area (TPSA) is 29.5 Å². The Kier molecular flexibility index (Phi) is 4.23. The predicted molar refractivity (Wildman–Crippen MR) is 77.6 cm³/mol. The summed E-state index contributed by atoms with van der Waals surface area (Å²) in [5, 5.41) is 9.82. The smallest absolute Gasteiger partial charge is 0.122 e. The number of aliphatic hydroxyl groups is 1. The van der Waals surface area contributed by atoms with Crippen molar-refractivity contribution in [1.29, 1.82) is 0 Å². The van der Waals surface area contributed by atoms with Gasteiger partial charge in [-0.25, -0.2) is 0 Å². The molecule has 0 amide bonds. The summed E-state index contributed by atoms with van der Waals surface area (Å²) in [6.07, 6.45) is 0.748. The molecule has 1 atom stereocenters. The van der Waals surface area contributed by atoms with E-state index in [0.29, 0.717) is 0 Å². The molecule has 19 heavy (non-hydrogen) atoms. The molecule has 2 aromatic rings. The van der Waals surface area contributed by atoms with Gasteiger partial charge in [0.1, 0.15) is 5.75 Å². The second kappa shape index (κ2) is 5.89. The molecule has 100 valence electrons. The second-order valence-electron chi connectivity index (χ2n) is 5.07. The summed E-state index contributed by atoms with van der Waals surface area (Å²) in [5.74, 6) is 0.873. The van der Waals surface area contributed by atoms with Gasteiger partial charge in [-0.3, -0.25) is 0 Å². The molecule has 0 radical (unpaired) electrons. The van der Waals surface area contributed by atoms with Gasteiger partial charge in [0.25, 0.3) is 0 Å². The Morgan fingerprint density at radius 3 is 2.26 bits per heavy atom. The monoisotopic (exact) mass is 256 g/mol. The summed E-state index contributed by atoms with van der Waals surface area (Å²) < 4.78 is 5.39. The molecule has 0 bridgehead atoms. The van der Waals surface area contributed by atoms with Gasteiger partial charge >= 0.3 is 0 Å². The van der Waals surface area contributed by atoms with E-state index in [1.54, 1.807) is 7.11 Å². The molecule has 2 heteroatoms. The summed E-state index contributed by atoms with van der Waals surface area (Å²) in [6, 6.07) is 18.1. The van der Waals surface area contributed by atoms with Crippen molar-refractivity contribution in [3.05, 3.63) is 65.7 Å². The van der Waals surface area contributed by atoms with Crippen molar-refractivity contribution in [2.45, 2.75) is 18.8 Å². The molecular formula is C17H20O2. The molecule has 0 aliphatic carbocycles. The molecule has 0 heterocycles. The number of methoxy groups -OCH3 is 1. The summed E-state index contributed by atoms with van der Waals surface area (Å²) in [5.41, 5.74) is 1.96. The van der Waals surface area contributed by atoms with Crippen molar-refractivity contribution in [1.82, 2.24) is 0 Å². The number of aliphatic hydroxyl groups excluding tert-OH is 1. The third-order valence-corrected chi connectivity index (χ3v) is 3.59. The largest absolute Gasteiger partial charge is 0.496 e. The summed E-state index contributed by atoms with van der Waals surface area (Å²) in [4.78, 5) is 0. The van der Waals surface area contributed by atoms with Crippen LogP contribution in [-0.4, -0.2) is 18.8 Å². The molecule has 0 aliphatic rings. The standard InChI is InChI=1S/C17H20O2/c1-17(13-18,15-9-4-3-5-10-15)12-14-8-6-7-11-16(14)19-2/h3-11,18H,12-13H2,1-2H3. The van der Waals surface area contributed by atoms with Crippen LogP contribution in [0.4, 0.5) is 0 Å². The van der Waals surface area contributed by atoms with Gasteiger partial charge < -0.3 is 9.84 Å². The highest BCUT2D eigenvalue weighted by Gasteiger charge is 2.27. The minimum atomic E-state index is -0.296. The lowest BCUT2D eigenvalue weighted by Gasteiger charge is -2.28. The highest BCUT2D eigenvalue weighted by atomic mass is 16.5. The molecular weight excluding hydrogens is 236 g/mol. The Bertz CT molecular complexity index is 522. The molecule has 0 spiro atoms. The molecule has 0 fully saturated rings. The SMILES string of the molecule is COc1ccccc1CC(C)(CO)c1ccccc1. The van der Waals surface area contributed by atoms with Gasteiger partial charge in [0, 0.05) is 5.41 Å². The maximum Gasteiger partial charge on any atom is 0.122 e. The zero-order valence-electron chi connectivity index (χ0n) is 11.5. The van der Waals surface area contributed by atoms with E-state index in [9.17, 15) is 5.11 Å². The first kappa shape index (κ1) is 13.6. The van der Waals surface area contributed by atoms with Crippen LogP contribution in [0.25, 0.3) is 0 Å². The first-order valence-corrected chi connectivity index (χ1v) is 6.48. The summed E-state index contributed by atoms with van der Waals surface area (Å²) in [7, 11) is 1.68. The van der Waals surface area contributed by atoms with Gasteiger partial charge in [-0.05, 0) is 23.6 Å². The lowest BCUT2D eigenvalue weighted by molar-refractivity contribution is 0.203. The van der Waals surface area contributed by atoms with Gasteiger partial charge in [0.05, 0.1) is 13.7 Å². The van der Waals surface area contributed by atoms with E-state index in [2.05, 4.69) is 25.1 Å². The minimum Gasteiger partial charge on any atom is -0.496 e. The average Bonchev–Trinajstić information content (AvgIpc) is 2.48. The van der Waals surface area contributed by atoms with Crippen LogP contribution in [0.5, 0.6) is 5.75 Å². The lowest BCUT2D eigenvalue weighted by Crippen LogP contribution is -2.29. The van der Waals surface area contributed by atoms with E-state index in [-0.39, 0.29) is 12.0 Å². The van der Waals surface area contributed by atoms with E-state index < -0.39 is 0 Å². The molecule has 0 saturated heterocycles. The fourth-order valence-electron chi connectivity index (χ4n) is 2.36. The first-order valence-electron chi connectivity index (χ1n) is 6.48. The molecule has 1 N–H and O–H groups in total. The summed E-state index contributed by atoms with van der Waals surface area (Å²) >= 11 is 0. The maximum atomic E-state index is 9.82. The van der Waals surface area contributed by atoms with Crippen molar-refractivity contribution in [2.75, 3.05) is 13.7 Å². The highest BCUT2D eigenvalue weighted by molar-refractivity contribution is 5.37.